The Hall–Kier alpha value is -4.25. The van der Waals surface area contributed by atoms with E-state index < -0.39 is 21.7 Å². The van der Waals surface area contributed by atoms with Crippen LogP contribution in [0.15, 0.2) is 12.1 Å². The second kappa shape index (κ2) is 6.37. The number of nitro groups is 1. The first-order chi connectivity index (χ1) is 15.2. The molecule has 1 fully saturated rings. The molecule has 5 rings (SSSR count). The lowest BCUT2D eigenvalue weighted by Gasteiger charge is -2.36. The van der Waals surface area contributed by atoms with Crippen LogP contribution in [0.4, 0.5) is 11.4 Å². The second-order valence-corrected chi connectivity index (χ2v) is 8.53. The maximum absolute atomic E-state index is 13.8. The molecule has 11 heteroatoms. The van der Waals surface area contributed by atoms with Crippen LogP contribution in [0.2, 0.25) is 0 Å². The standard InChI is InChI=1S/C21H16N6O5/c1-20(2)10-3-4-21(20,18-17(10)24-12(7-22)13(8-23)25-18)19(28)26-11-5-15-16(32-9-31-15)6-14(11)27(29)30/h5-6,10H,3-4,9H2,1-2H3,(H,26,28). The lowest BCUT2D eigenvalue weighted by atomic mass is 9.67. The maximum Gasteiger partial charge on any atom is 0.296 e. The quantitative estimate of drug-likeness (QED) is 0.567. The zero-order valence-corrected chi connectivity index (χ0v) is 17.1. The third-order valence-corrected chi connectivity index (χ3v) is 6.97. The molecular weight excluding hydrogens is 416 g/mol. The molecule has 2 aromatic rings. The summed E-state index contributed by atoms with van der Waals surface area (Å²) in [5.41, 5.74) is -1.47. The van der Waals surface area contributed by atoms with Gasteiger partial charge >= 0.3 is 0 Å². The third-order valence-electron chi connectivity index (χ3n) is 6.97. The highest BCUT2D eigenvalue weighted by Crippen LogP contribution is 2.67. The van der Waals surface area contributed by atoms with Gasteiger partial charge < -0.3 is 14.8 Å². The fraction of sp³-hybridized carbons (Fsp3) is 0.381. The number of nitrogens with zero attached hydrogens (tertiary/aromatic N) is 5. The first kappa shape index (κ1) is 19.7. The summed E-state index contributed by atoms with van der Waals surface area (Å²) in [5.74, 6) is -0.0890. The largest absolute Gasteiger partial charge is 0.454 e. The lowest BCUT2D eigenvalue weighted by Crippen LogP contribution is -2.47. The average Bonchev–Trinajstić information content (AvgIpc) is 3.38. The Kier molecular flexibility index (Phi) is 3.92. The smallest absolute Gasteiger partial charge is 0.296 e. The van der Waals surface area contributed by atoms with Crippen LogP contribution < -0.4 is 14.8 Å². The first-order valence-corrected chi connectivity index (χ1v) is 9.86. The molecule has 1 amide bonds. The number of carbonyl (C=O) groups is 1. The Bertz CT molecular complexity index is 1310. The minimum Gasteiger partial charge on any atom is -0.454 e. The number of rotatable bonds is 3. The van der Waals surface area contributed by atoms with Gasteiger partial charge in [0.1, 0.15) is 17.8 Å². The zero-order valence-electron chi connectivity index (χ0n) is 17.1. The fourth-order valence-corrected chi connectivity index (χ4v) is 5.33. The number of benzene rings is 1. The summed E-state index contributed by atoms with van der Waals surface area (Å²) in [4.78, 5) is 33.6. The number of hydrogen-bond acceptors (Lipinski definition) is 9. The normalized spacial score (nSPS) is 23.2. The molecule has 2 unspecified atom stereocenters. The number of amides is 1. The van der Waals surface area contributed by atoms with Gasteiger partial charge in [-0.2, -0.15) is 10.5 Å². The molecule has 32 heavy (non-hydrogen) atoms. The number of fused-ring (bicyclic) bond motifs is 6. The number of anilines is 1. The lowest BCUT2D eigenvalue weighted by molar-refractivity contribution is -0.384. The Balaban J connectivity index is 1.63. The van der Waals surface area contributed by atoms with Gasteiger partial charge in [-0.15, -0.1) is 0 Å². The van der Waals surface area contributed by atoms with Crippen molar-refractivity contribution in [1.29, 1.82) is 10.5 Å². The molecule has 160 valence electrons. The number of hydrogen-bond donors (Lipinski definition) is 1. The van der Waals surface area contributed by atoms with Crippen molar-refractivity contribution in [2.75, 3.05) is 12.1 Å². The molecule has 1 aliphatic heterocycles. The SMILES string of the molecule is CC1(C)C2CCC1(C(=O)Nc1cc3c(cc1[N+](=O)[O-])OCO3)c1nc(C#N)c(C#N)nc12. The van der Waals surface area contributed by atoms with Crippen molar-refractivity contribution >= 4 is 17.3 Å². The van der Waals surface area contributed by atoms with Crippen LogP contribution in [0, 0.1) is 38.2 Å². The van der Waals surface area contributed by atoms with Crippen molar-refractivity contribution in [2.45, 2.75) is 38.0 Å². The summed E-state index contributed by atoms with van der Waals surface area (Å²) in [6, 6.07) is 6.35. The molecule has 1 N–H and O–H groups in total. The molecule has 2 aliphatic carbocycles. The van der Waals surface area contributed by atoms with Crippen LogP contribution in [0.25, 0.3) is 0 Å². The molecule has 3 aliphatic rings. The van der Waals surface area contributed by atoms with E-state index in [1.165, 1.54) is 12.1 Å². The summed E-state index contributed by atoms with van der Waals surface area (Å²) in [6.07, 6.45) is 1.08. The second-order valence-electron chi connectivity index (χ2n) is 8.53. The summed E-state index contributed by atoms with van der Waals surface area (Å²) < 4.78 is 10.5. The van der Waals surface area contributed by atoms with E-state index >= 15 is 0 Å². The molecule has 1 aromatic heterocycles. The molecule has 0 saturated heterocycles. The van der Waals surface area contributed by atoms with Gasteiger partial charge in [-0.05, 0) is 18.3 Å². The number of aromatic nitrogens is 2. The Labute approximate surface area is 181 Å². The molecular formula is C21H16N6O5. The van der Waals surface area contributed by atoms with Crippen LogP contribution in [0.3, 0.4) is 0 Å². The molecule has 0 radical (unpaired) electrons. The van der Waals surface area contributed by atoms with Crippen molar-refractivity contribution < 1.29 is 19.2 Å². The van der Waals surface area contributed by atoms with E-state index in [1.54, 1.807) is 0 Å². The summed E-state index contributed by atoms with van der Waals surface area (Å²) in [7, 11) is 0. The van der Waals surface area contributed by atoms with E-state index in [4.69, 9.17) is 9.47 Å². The Morgan fingerprint density at radius 1 is 1.22 bits per heavy atom. The van der Waals surface area contributed by atoms with E-state index in [2.05, 4.69) is 15.3 Å². The maximum atomic E-state index is 13.8. The van der Waals surface area contributed by atoms with E-state index in [0.717, 1.165) is 0 Å². The number of carbonyl (C=O) groups excluding carboxylic acids is 1. The van der Waals surface area contributed by atoms with Crippen LogP contribution >= 0.6 is 0 Å². The van der Waals surface area contributed by atoms with Crippen molar-refractivity contribution in [1.82, 2.24) is 9.97 Å². The van der Waals surface area contributed by atoms with E-state index in [0.29, 0.717) is 30.0 Å². The number of nitro benzene ring substituents is 1. The van der Waals surface area contributed by atoms with Crippen LogP contribution in [0.5, 0.6) is 11.5 Å². The molecule has 11 nitrogen and oxygen atoms in total. The van der Waals surface area contributed by atoms with Crippen molar-refractivity contribution in [3.8, 4) is 23.6 Å². The third kappa shape index (κ3) is 2.30. The van der Waals surface area contributed by atoms with Gasteiger partial charge in [-0.25, -0.2) is 9.97 Å². The topological polar surface area (TPSA) is 164 Å². The van der Waals surface area contributed by atoms with Gasteiger partial charge in [0.2, 0.25) is 12.7 Å². The van der Waals surface area contributed by atoms with Crippen LogP contribution in [-0.2, 0) is 10.2 Å². The van der Waals surface area contributed by atoms with Gasteiger partial charge in [0.05, 0.1) is 27.8 Å². The molecule has 0 spiro atoms. The number of nitriles is 2. The van der Waals surface area contributed by atoms with Gasteiger partial charge in [0, 0.05) is 12.0 Å². The monoisotopic (exact) mass is 432 g/mol. The van der Waals surface area contributed by atoms with E-state index in [-0.39, 0.29) is 41.2 Å². The van der Waals surface area contributed by atoms with Crippen molar-refractivity contribution in [2.24, 2.45) is 5.41 Å². The summed E-state index contributed by atoms with van der Waals surface area (Å²) in [6.45, 7) is 3.77. The molecule has 2 atom stereocenters. The summed E-state index contributed by atoms with van der Waals surface area (Å²) in [5, 5.41) is 33.1. The Morgan fingerprint density at radius 3 is 2.53 bits per heavy atom. The molecule has 2 bridgehead atoms. The predicted molar refractivity (Wildman–Crippen MR) is 107 cm³/mol. The minimum atomic E-state index is -1.16. The molecule has 1 aromatic carbocycles. The highest BCUT2D eigenvalue weighted by Gasteiger charge is 2.68. The first-order valence-electron chi connectivity index (χ1n) is 9.86. The molecule has 2 heterocycles. The number of ether oxygens (including phenoxy) is 2. The van der Waals surface area contributed by atoms with Crippen LogP contribution in [0.1, 0.15) is 55.4 Å². The van der Waals surface area contributed by atoms with Gasteiger partial charge in [0.15, 0.2) is 22.9 Å². The van der Waals surface area contributed by atoms with Gasteiger partial charge in [-0.3, -0.25) is 14.9 Å². The van der Waals surface area contributed by atoms with Gasteiger partial charge in [0.25, 0.3) is 5.69 Å². The van der Waals surface area contributed by atoms with Crippen molar-refractivity contribution in [3.05, 3.63) is 45.0 Å². The number of nitrogens with one attached hydrogen (secondary N) is 1. The zero-order chi connectivity index (χ0) is 22.8. The minimum absolute atomic E-state index is 0.0200. The van der Waals surface area contributed by atoms with Crippen LogP contribution in [-0.4, -0.2) is 27.6 Å². The van der Waals surface area contributed by atoms with E-state index in [9.17, 15) is 25.4 Å². The summed E-state index contributed by atoms with van der Waals surface area (Å²) >= 11 is 0. The fourth-order valence-electron chi connectivity index (χ4n) is 5.33. The van der Waals surface area contributed by atoms with Gasteiger partial charge in [-0.1, -0.05) is 13.8 Å². The molecule has 1 saturated carbocycles. The average molecular weight is 432 g/mol. The highest BCUT2D eigenvalue weighted by atomic mass is 16.7. The van der Waals surface area contributed by atoms with E-state index in [1.807, 2.05) is 26.0 Å². The Morgan fingerprint density at radius 2 is 1.88 bits per heavy atom. The van der Waals surface area contributed by atoms with Crippen molar-refractivity contribution in [3.63, 3.8) is 0 Å². The highest BCUT2D eigenvalue weighted by molar-refractivity contribution is 6.03. The predicted octanol–water partition coefficient (Wildman–Crippen LogP) is 2.65.